The lowest BCUT2D eigenvalue weighted by atomic mass is 10.0. The summed E-state index contributed by atoms with van der Waals surface area (Å²) in [4.78, 5) is 32.6. The lowest BCUT2D eigenvalue weighted by Gasteiger charge is -2.34. The minimum absolute atomic E-state index is 0.125. The number of aryl methyl sites for hydroxylation is 1. The second-order valence-corrected chi connectivity index (χ2v) is 11.1. The molecule has 1 aliphatic rings. The van der Waals surface area contributed by atoms with E-state index in [1.165, 1.54) is 5.56 Å². The van der Waals surface area contributed by atoms with Crippen LogP contribution in [0.5, 0.6) is 0 Å². The fraction of sp³-hybridized carbons (Fsp3) is 0.250. The quantitative estimate of drug-likeness (QED) is 0.269. The predicted molar refractivity (Wildman–Crippen MR) is 153 cm³/mol. The highest BCUT2D eigenvalue weighted by Crippen LogP contribution is 2.31. The Hall–Kier alpha value is -2.97. The Bertz CT molecular complexity index is 1450. The van der Waals surface area contributed by atoms with Crippen molar-refractivity contribution in [1.82, 2.24) is 9.88 Å². The molecule has 6 nitrogen and oxygen atoms in total. The third-order valence-electron chi connectivity index (χ3n) is 6.41. The molecular weight excluding hydrogens is 527 g/mol. The molecular formula is C28H26Cl2N4O2S. The number of halogens is 2. The largest absolute Gasteiger partial charge is 0.325 e. The third-order valence-corrected chi connectivity index (χ3v) is 8.04. The first kappa shape index (κ1) is 25.7. The Balaban J connectivity index is 1.22. The molecule has 3 aromatic carbocycles. The van der Waals surface area contributed by atoms with Crippen molar-refractivity contribution in [3.05, 3.63) is 76.3 Å². The fourth-order valence-electron chi connectivity index (χ4n) is 4.52. The molecule has 1 saturated heterocycles. The number of carbonyl (C=O) groups excluding carboxylic acids is 2. The molecule has 0 bridgehead atoms. The molecule has 9 heteroatoms. The summed E-state index contributed by atoms with van der Waals surface area (Å²) in [7, 11) is 0. The average Bonchev–Trinajstić information content (AvgIpc) is 3.30. The van der Waals surface area contributed by atoms with E-state index in [0.717, 1.165) is 33.6 Å². The van der Waals surface area contributed by atoms with Gasteiger partial charge in [-0.3, -0.25) is 14.5 Å². The van der Waals surface area contributed by atoms with Gasteiger partial charge in [-0.1, -0.05) is 35.7 Å². The van der Waals surface area contributed by atoms with Crippen molar-refractivity contribution < 1.29 is 9.59 Å². The molecule has 1 aromatic heterocycles. The number of likely N-dealkylation sites (tertiary alicyclic amines) is 1. The number of nitrogens with zero attached hydrogens (tertiary/aromatic N) is 2. The first-order valence-electron chi connectivity index (χ1n) is 12.1. The molecule has 190 valence electrons. The van der Waals surface area contributed by atoms with E-state index >= 15 is 0 Å². The number of fused-ring (bicyclic) bond motifs is 1. The van der Waals surface area contributed by atoms with E-state index in [2.05, 4.69) is 29.7 Å². The van der Waals surface area contributed by atoms with E-state index in [9.17, 15) is 9.59 Å². The minimum Gasteiger partial charge on any atom is -0.325 e. The molecule has 37 heavy (non-hydrogen) atoms. The SMILES string of the molecule is Cc1ccc2nc(-c3ccc(NC(=O)CN4CCCCC4C(=O)Nc4cc(Cl)ccc4Cl)cc3)sc2c1. The van der Waals surface area contributed by atoms with E-state index in [1.54, 1.807) is 29.5 Å². The number of benzene rings is 3. The molecule has 0 spiro atoms. The maximum atomic E-state index is 13.0. The Kier molecular flexibility index (Phi) is 7.76. The molecule has 2 N–H and O–H groups in total. The number of thiazole rings is 1. The number of piperidine rings is 1. The predicted octanol–water partition coefficient (Wildman–Crippen LogP) is 7.01. The number of hydrogen-bond acceptors (Lipinski definition) is 5. The average molecular weight is 554 g/mol. The monoisotopic (exact) mass is 552 g/mol. The fourth-order valence-corrected chi connectivity index (χ4v) is 5.93. The smallest absolute Gasteiger partial charge is 0.241 e. The summed E-state index contributed by atoms with van der Waals surface area (Å²) in [6, 6.07) is 18.5. The van der Waals surface area contributed by atoms with Gasteiger partial charge in [-0.2, -0.15) is 0 Å². The number of rotatable bonds is 6. The van der Waals surface area contributed by atoms with Crippen LogP contribution >= 0.6 is 34.5 Å². The zero-order valence-electron chi connectivity index (χ0n) is 20.3. The number of amides is 2. The Labute approximate surface area is 229 Å². The van der Waals surface area contributed by atoms with E-state index in [-0.39, 0.29) is 18.4 Å². The molecule has 1 unspecified atom stereocenters. The van der Waals surface area contributed by atoms with Crippen LogP contribution in [0.25, 0.3) is 20.8 Å². The van der Waals surface area contributed by atoms with Crippen LogP contribution < -0.4 is 10.6 Å². The summed E-state index contributed by atoms with van der Waals surface area (Å²) in [5, 5.41) is 7.69. The molecule has 2 heterocycles. The standard InChI is InChI=1S/C28H26Cl2N4O2S/c1-17-5-12-22-25(14-17)37-28(33-22)18-6-9-20(10-7-18)31-26(35)16-34-13-3-2-4-24(34)27(36)32-23-15-19(29)8-11-21(23)30/h5-12,14-15,24H,2-4,13,16H2,1H3,(H,31,35)(H,32,36). The first-order valence-corrected chi connectivity index (χ1v) is 13.7. The molecule has 0 saturated carbocycles. The van der Waals surface area contributed by atoms with Gasteiger partial charge in [0.1, 0.15) is 5.01 Å². The minimum atomic E-state index is -0.417. The number of anilines is 2. The molecule has 1 atom stereocenters. The Morgan fingerprint density at radius 1 is 1.03 bits per heavy atom. The van der Waals surface area contributed by atoms with Crippen molar-refractivity contribution in [2.45, 2.75) is 32.2 Å². The van der Waals surface area contributed by atoms with Gasteiger partial charge in [0.05, 0.1) is 33.5 Å². The first-order chi connectivity index (χ1) is 17.9. The van der Waals surface area contributed by atoms with Crippen LogP contribution in [0.2, 0.25) is 10.0 Å². The van der Waals surface area contributed by atoms with E-state index in [1.807, 2.05) is 35.2 Å². The normalized spacial score (nSPS) is 16.0. The maximum Gasteiger partial charge on any atom is 0.241 e. The van der Waals surface area contributed by atoms with Crippen molar-refractivity contribution in [2.24, 2.45) is 0 Å². The highest BCUT2D eigenvalue weighted by atomic mass is 35.5. The topological polar surface area (TPSA) is 74.3 Å². The summed E-state index contributed by atoms with van der Waals surface area (Å²) in [6.45, 7) is 2.87. The van der Waals surface area contributed by atoms with Crippen LogP contribution in [-0.2, 0) is 9.59 Å². The van der Waals surface area contributed by atoms with Crippen molar-refractivity contribution in [1.29, 1.82) is 0 Å². The lowest BCUT2D eigenvalue weighted by Crippen LogP contribution is -2.49. The van der Waals surface area contributed by atoms with Crippen LogP contribution in [0.1, 0.15) is 24.8 Å². The van der Waals surface area contributed by atoms with Crippen LogP contribution in [0.4, 0.5) is 11.4 Å². The van der Waals surface area contributed by atoms with E-state index < -0.39 is 6.04 Å². The van der Waals surface area contributed by atoms with Crippen molar-refractivity contribution in [3.8, 4) is 10.6 Å². The van der Waals surface area contributed by atoms with Crippen molar-refractivity contribution in [3.63, 3.8) is 0 Å². The highest BCUT2D eigenvalue weighted by molar-refractivity contribution is 7.21. The van der Waals surface area contributed by atoms with Gasteiger partial charge in [0.15, 0.2) is 0 Å². The van der Waals surface area contributed by atoms with Gasteiger partial charge >= 0.3 is 0 Å². The van der Waals surface area contributed by atoms with Crippen LogP contribution in [-0.4, -0.2) is 40.8 Å². The van der Waals surface area contributed by atoms with Gasteiger partial charge in [0.25, 0.3) is 0 Å². The summed E-state index contributed by atoms with van der Waals surface area (Å²) in [5.41, 5.74) is 4.37. The van der Waals surface area contributed by atoms with E-state index in [4.69, 9.17) is 28.2 Å². The molecule has 1 aliphatic heterocycles. The molecule has 0 aliphatic carbocycles. The van der Waals surface area contributed by atoms with Crippen molar-refractivity contribution in [2.75, 3.05) is 23.7 Å². The summed E-state index contributed by atoms with van der Waals surface area (Å²) in [5.74, 6) is -0.351. The summed E-state index contributed by atoms with van der Waals surface area (Å²) >= 11 is 13.9. The third kappa shape index (κ3) is 6.13. The van der Waals surface area contributed by atoms with Gasteiger partial charge in [0, 0.05) is 16.3 Å². The molecule has 4 aromatic rings. The van der Waals surface area contributed by atoms with Gasteiger partial charge in [-0.25, -0.2) is 4.98 Å². The lowest BCUT2D eigenvalue weighted by molar-refractivity contribution is -0.124. The number of aromatic nitrogens is 1. The zero-order valence-corrected chi connectivity index (χ0v) is 22.6. The zero-order chi connectivity index (χ0) is 25.9. The van der Waals surface area contributed by atoms with Crippen LogP contribution in [0.15, 0.2) is 60.7 Å². The van der Waals surface area contributed by atoms with Gasteiger partial charge in [0.2, 0.25) is 11.8 Å². The molecule has 5 rings (SSSR count). The summed E-state index contributed by atoms with van der Waals surface area (Å²) < 4.78 is 1.16. The number of carbonyl (C=O) groups is 2. The number of nitrogens with one attached hydrogen (secondary N) is 2. The van der Waals surface area contributed by atoms with Crippen molar-refractivity contribution >= 4 is 67.9 Å². The Morgan fingerprint density at radius 3 is 2.65 bits per heavy atom. The second kappa shape index (κ2) is 11.2. The second-order valence-electron chi connectivity index (χ2n) is 9.21. The summed E-state index contributed by atoms with van der Waals surface area (Å²) in [6.07, 6.45) is 2.53. The molecule has 1 fully saturated rings. The molecule has 2 amide bonds. The molecule has 0 radical (unpaired) electrons. The number of hydrogen-bond donors (Lipinski definition) is 2. The van der Waals surface area contributed by atoms with Gasteiger partial charge in [-0.15, -0.1) is 11.3 Å². The van der Waals surface area contributed by atoms with Crippen LogP contribution in [0.3, 0.4) is 0 Å². The van der Waals surface area contributed by atoms with Gasteiger partial charge < -0.3 is 10.6 Å². The van der Waals surface area contributed by atoms with Gasteiger partial charge in [-0.05, 0) is 86.5 Å². The highest BCUT2D eigenvalue weighted by Gasteiger charge is 2.30. The van der Waals surface area contributed by atoms with E-state index in [0.29, 0.717) is 34.4 Å². The van der Waals surface area contributed by atoms with Crippen LogP contribution in [0, 0.1) is 6.92 Å². The Morgan fingerprint density at radius 2 is 1.84 bits per heavy atom. The maximum absolute atomic E-state index is 13.0.